The summed E-state index contributed by atoms with van der Waals surface area (Å²) in [4.78, 5) is 0. The zero-order chi connectivity index (χ0) is 13.7. The SMILES string of the molecule is N#Cc1ccc(F)c(COc2ccccc2CN)c1. The van der Waals surface area contributed by atoms with E-state index in [0.29, 0.717) is 23.4 Å². The quantitative estimate of drug-likeness (QED) is 0.915. The standard InChI is InChI=1S/C15H13FN2O/c16-14-6-5-11(8-17)7-13(14)10-19-15-4-2-1-3-12(15)9-18/h1-7H,9-10,18H2. The summed E-state index contributed by atoms with van der Waals surface area (Å²) in [6.07, 6.45) is 0. The number of hydrogen-bond donors (Lipinski definition) is 1. The molecule has 0 saturated heterocycles. The predicted octanol–water partition coefficient (Wildman–Crippen LogP) is 2.74. The van der Waals surface area contributed by atoms with Gasteiger partial charge >= 0.3 is 0 Å². The lowest BCUT2D eigenvalue weighted by Gasteiger charge is -2.10. The number of nitriles is 1. The van der Waals surface area contributed by atoms with Crippen molar-refractivity contribution in [2.24, 2.45) is 5.73 Å². The van der Waals surface area contributed by atoms with Crippen LogP contribution < -0.4 is 10.5 Å². The van der Waals surface area contributed by atoms with Crippen molar-refractivity contribution in [3.8, 4) is 11.8 Å². The maximum atomic E-state index is 13.6. The molecule has 2 aromatic rings. The highest BCUT2D eigenvalue weighted by Gasteiger charge is 2.06. The van der Waals surface area contributed by atoms with E-state index in [1.54, 1.807) is 6.07 Å². The molecular formula is C15H13FN2O. The largest absolute Gasteiger partial charge is 0.488 e. The highest BCUT2D eigenvalue weighted by atomic mass is 19.1. The molecule has 0 atom stereocenters. The Kier molecular flexibility index (Phi) is 4.11. The molecule has 3 nitrogen and oxygen atoms in total. The van der Waals surface area contributed by atoms with Gasteiger partial charge in [0.25, 0.3) is 0 Å². The Balaban J connectivity index is 2.17. The fourth-order valence-corrected chi connectivity index (χ4v) is 1.72. The van der Waals surface area contributed by atoms with Crippen LogP contribution in [-0.4, -0.2) is 0 Å². The van der Waals surface area contributed by atoms with Gasteiger partial charge in [0.15, 0.2) is 0 Å². The minimum Gasteiger partial charge on any atom is -0.488 e. The van der Waals surface area contributed by atoms with Crippen molar-refractivity contribution in [1.29, 1.82) is 5.26 Å². The third kappa shape index (κ3) is 3.09. The van der Waals surface area contributed by atoms with Gasteiger partial charge in [-0.05, 0) is 24.3 Å². The zero-order valence-electron chi connectivity index (χ0n) is 10.3. The van der Waals surface area contributed by atoms with Crippen LogP contribution in [0.3, 0.4) is 0 Å². The lowest BCUT2D eigenvalue weighted by molar-refractivity contribution is 0.297. The first-order chi connectivity index (χ1) is 9.24. The second-order valence-electron chi connectivity index (χ2n) is 4.02. The van der Waals surface area contributed by atoms with Gasteiger partial charge in [-0.25, -0.2) is 4.39 Å². The Morgan fingerprint density at radius 1 is 1.16 bits per heavy atom. The molecule has 0 aliphatic carbocycles. The van der Waals surface area contributed by atoms with Crippen LogP contribution in [-0.2, 0) is 13.2 Å². The number of halogens is 1. The molecule has 4 heteroatoms. The zero-order valence-corrected chi connectivity index (χ0v) is 10.3. The fourth-order valence-electron chi connectivity index (χ4n) is 1.72. The van der Waals surface area contributed by atoms with E-state index in [1.165, 1.54) is 18.2 Å². The van der Waals surface area contributed by atoms with E-state index in [1.807, 2.05) is 24.3 Å². The van der Waals surface area contributed by atoms with Gasteiger partial charge in [-0.15, -0.1) is 0 Å². The first-order valence-corrected chi connectivity index (χ1v) is 5.84. The Morgan fingerprint density at radius 3 is 2.68 bits per heavy atom. The van der Waals surface area contributed by atoms with Crippen LogP contribution in [0.1, 0.15) is 16.7 Å². The molecule has 0 unspecified atom stereocenters. The van der Waals surface area contributed by atoms with E-state index in [-0.39, 0.29) is 12.4 Å². The van der Waals surface area contributed by atoms with Gasteiger partial charge in [-0.3, -0.25) is 0 Å². The fraction of sp³-hybridized carbons (Fsp3) is 0.133. The third-order valence-electron chi connectivity index (χ3n) is 2.75. The monoisotopic (exact) mass is 256 g/mol. The van der Waals surface area contributed by atoms with Crippen molar-refractivity contribution in [3.05, 3.63) is 65.0 Å². The van der Waals surface area contributed by atoms with Gasteiger partial charge in [0, 0.05) is 17.7 Å². The van der Waals surface area contributed by atoms with E-state index in [4.69, 9.17) is 15.7 Å². The van der Waals surface area contributed by atoms with E-state index >= 15 is 0 Å². The highest BCUT2D eigenvalue weighted by Crippen LogP contribution is 2.20. The molecule has 96 valence electrons. The first-order valence-electron chi connectivity index (χ1n) is 5.84. The van der Waals surface area contributed by atoms with E-state index in [9.17, 15) is 4.39 Å². The molecule has 0 radical (unpaired) electrons. The van der Waals surface area contributed by atoms with E-state index in [2.05, 4.69) is 0 Å². The van der Waals surface area contributed by atoms with Crippen LogP contribution in [0.25, 0.3) is 0 Å². The molecule has 0 heterocycles. The van der Waals surface area contributed by atoms with Crippen LogP contribution in [0.4, 0.5) is 4.39 Å². The summed E-state index contributed by atoms with van der Waals surface area (Å²) in [5.41, 5.74) is 7.22. The number of hydrogen-bond acceptors (Lipinski definition) is 3. The molecule has 0 fully saturated rings. The van der Waals surface area contributed by atoms with Gasteiger partial charge in [-0.1, -0.05) is 18.2 Å². The Hall–Kier alpha value is -2.38. The van der Waals surface area contributed by atoms with Crippen molar-refractivity contribution >= 4 is 0 Å². The molecule has 2 N–H and O–H groups in total. The third-order valence-corrected chi connectivity index (χ3v) is 2.75. The minimum absolute atomic E-state index is 0.0678. The van der Waals surface area contributed by atoms with E-state index < -0.39 is 0 Å². The second-order valence-corrected chi connectivity index (χ2v) is 4.02. The van der Waals surface area contributed by atoms with Crippen LogP contribution >= 0.6 is 0 Å². The van der Waals surface area contributed by atoms with Crippen molar-refractivity contribution in [1.82, 2.24) is 0 Å². The second kappa shape index (κ2) is 5.98. The van der Waals surface area contributed by atoms with Crippen molar-refractivity contribution < 1.29 is 9.13 Å². The molecule has 0 amide bonds. The van der Waals surface area contributed by atoms with Gasteiger partial charge in [0.1, 0.15) is 18.2 Å². The average Bonchev–Trinajstić information content (AvgIpc) is 2.46. The van der Waals surface area contributed by atoms with Crippen LogP contribution in [0.5, 0.6) is 5.75 Å². The van der Waals surface area contributed by atoms with Gasteiger partial charge in [0.2, 0.25) is 0 Å². The Labute approximate surface area is 111 Å². The van der Waals surface area contributed by atoms with Crippen molar-refractivity contribution in [2.75, 3.05) is 0 Å². The maximum absolute atomic E-state index is 13.6. The van der Waals surface area contributed by atoms with Gasteiger partial charge < -0.3 is 10.5 Å². The summed E-state index contributed by atoms with van der Waals surface area (Å²) in [7, 11) is 0. The summed E-state index contributed by atoms with van der Waals surface area (Å²) in [6, 6.07) is 13.5. The number of ether oxygens (including phenoxy) is 1. The molecule has 2 rings (SSSR count). The minimum atomic E-state index is -0.385. The van der Waals surface area contributed by atoms with Crippen LogP contribution in [0.15, 0.2) is 42.5 Å². The number of nitrogens with zero attached hydrogens (tertiary/aromatic N) is 1. The molecule has 0 aliphatic heterocycles. The van der Waals surface area contributed by atoms with Crippen LogP contribution in [0, 0.1) is 17.1 Å². The number of benzene rings is 2. The molecule has 0 spiro atoms. The molecule has 0 aliphatic rings. The topological polar surface area (TPSA) is 59.0 Å². The number of nitrogens with two attached hydrogens (primary N) is 1. The summed E-state index contributed by atoms with van der Waals surface area (Å²) in [6.45, 7) is 0.426. The lowest BCUT2D eigenvalue weighted by atomic mass is 10.1. The summed E-state index contributed by atoms with van der Waals surface area (Å²) < 4.78 is 19.1. The number of para-hydroxylation sites is 1. The van der Waals surface area contributed by atoms with Gasteiger partial charge in [0.05, 0.1) is 11.6 Å². The number of rotatable bonds is 4. The molecule has 19 heavy (non-hydrogen) atoms. The van der Waals surface area contributed by atoms with Crippen molar-refractivity contribution in [3.63, 3.8) is 0 Å². The van der Waals surface area contributed by atoms with Crippen LogP contribution in [0.2, 0.25) is 0 Å². The molecular weight excluding hydrogens is 243 g/mol. The Bertz CT molecular complexity index is 620. The average molecular weight is 256 g/mol. The van der Waals surface area contributed by atoms with Crippen molar-refractivity contribution in [2.45, 2.75) is 13.2 Å². The summed E-state index contributed by atoms with van der Waals surface area (Å²) in [5.74, 6) is 0.246. The first kappa shape index (κ1) is 13.1. The molecule has 0 aromatic heterocycles. The summed E-state index contributed by atoms with van der Waals surface area (Å²) in [5, 5.41) is 8.79. The maximum Gasteiger partial charge on any atom is 0.129 e. The normalized spacial score (nSPS) is 9.95. The molecule has 2 aromatic carbocycles. The Morgan fingerprint density at radius 2 is 1.95 bits per heavy atom. The predicted molar refractivity (Wildman–Crippen MR) is 69.8 cm³/mol. The van der Waals surface area contributed by atoms with E-state index in [0.717, 1.165) is 5.56 Å². The van der Waals surface area contributed by atoms with Gasteiger partial charge in [-0.2, -0.15) is 5.26 Å². The molecule has 0 bridgehead atoms. The molecule has 0 saturated carbocycles. The summed E-state index contributed by atoms with van der Waals surface area (Å²) >= 11 is 0. The smallest absolute Gasteiger partial charge is 0.129 e. The highest BCUT2D eigenvalue weighted by molar-refractivity contribution is 5.35. The lowest BCUT2D eigenvalue weighted by Crippen LogP contribution is -2.04.